The highest BCUT2D eigenvalue weighted by atomic mass is 32.1. The van der Waals surface area contributed by atoms with Gasteiger partial charge in [-0.05, 0) is 36.4 Å². The fourth-order valence-corrected chi connectivity index (χ4v) is 4.56. The van der Waals surface area contributed by atoms with Gasteiger partial charge in [-0.3, -0.25) is 19.7 Å². The maximum absolute atomic E-state index is 12.8. The zero-order valence-corrected chi connectivity index (χ0v) is 18.0. The second kappa shape index (κ2) is 7.95. The molecule has 0 spiro atoms. The van der Waals surface area contributed by atoms with Crippen LogP contribution in [0.2, 0.25) is 0 Å². The van der Waals surface area contributed by atoms with Crippen LogP contribution in [0.3, 0.4) is 0 Å². The van der Waals surface area contributed by atoms with E-state index in [1.54, 1.807) is 53.9 Å². The summed E-state index contributed by atoms with van der Waals surface area (Å²) in [6.07, 6.45) is 0. The lowest BCUT2D eigenvalue weighted by Crippen LogP contribution is -2.29. The van der Waals surface area contributed by atoms with E-state index in [1.807, 2.05) is 6.07 Å². The number of carbonyl (C=O) groups is 2. The molecule has 8 nitrogen and oxygen atoms in total. The Balaban J connectivity index is 1.48. The smallest absolute Gasteiger partial charge is 0.311 e. The topological polar surface area (TPSA) is 103 Å². The van der Waals surface area contributed by atoms with Gasteiger partial charge in [-0.25, -0.2) is 9.88 Å². The molecule has 0 atom stereocenters. The summed E-state index contributed by atoms with van der Waals surface area (Å²) in [4.78, 5) is 42.2. The van der Waals surface area contributed by atoms with Gasteiger partial charge in [0.05, 0.1) is 34.5 Å². The summed E-state index contributed by atoms with van der Waals surface area (Å²) in [5, 5.41) is 13.8. The summed E-state index contributed by atoms with van der Waals surface area (Å²) in [6.45, 7) is 0. The highest BCUT2D eigenvalue weighted by molar-refractivity contribution is 7.13. The first-order valence-electron chi connectivity index (χ1n) is 9.84. The molecule has 1 aromatic heterocycles. The predicted octanol–water partition coefficient (Wildman–Crippen LogP) is 5.19. The molecule has 2 amide bonds. The van der Waals surface area contributed by atoms with Gasteiger partial charge in [0.25, 0.3) is 11.8 Å². The Kier molecular flexibility index (Phi) is 4.95. The average molecular weight is 457 g/mol. The molecule has 1 aliphatic heterocycles. The van der Waals surface area contributed by atoms with E-state index in [4.69, 9.17) is 4.74 Å². The van der Waals surface area contributed by atoms with Gasteiger partial charge in [0, 0.05) is 22.6 Å². The van der Waals surface area contributed by atoms with Crippen LogP contribution in [-0.4, -0.2) is 28.8 Å². The average Bonchev–Trinajstić information content (AvgIpc) is 3.43. The first-order valence-corrected chi connectivity index (χ1v) is 10.7. The zero-order chi connectivity index (χ0) is 23.1. The van der Waals surface area contributed by atoms with Crippen molar-refractivity contribution in [3.8, 4) is 27.6 Å². The first kappa shape index (κ1) is 20.5. The number of nitro benzene ring substituents is 1. The quantitative estimate of drug-likeness (QED) is 0.232. The van der Waals surface area contributed by atoms with Crippen molar-refractivity contribution >= 4 is 34.5 Å². The summed E-state index contributed by atoms with van der Waals surface area (Å²) in [6, 6.07) is 18.4. The molecule has 2 heterocycles. The molecule has 0 unspecified atom stereocenters. The molecule has 3 aromatic carbocycles. The molecule has 0 bridgehead atoms. The van der Waals surface area contributed by atoms with E-state index in [0.717, 1.165) is 10.5 Å². The Bertz CT molecular complexity index is 1410. The molecule has 0 N–H and O–H groups in total. The van der Waals surface area contributed by atoms with Crippen LogP contribution in [0.15, 0.2) is 72.1 Å². The highest BCUT2D eigenvalue weighted by Crippen LogP contribution is 2.36. The lowest BCUT2D eigenvalue weighted by molar-refractivity contribution is -0.385. The number of nitro groups is 1. The van der Waals surface area contributed by atoms with Crippen molar-refractivity contribution in [3.05, 3.63) is 93.4 Å². The molecule has 0 radical (unpaired) electrons. The van der Waals surface area contributed by atoms with Gasteiger partial charge in [-0.1, -0.05) is 24.3 Å². The van der Waals surface area contributed by atoms with E-state index in [-0.39, 0.29) is 23.3 Å². The Morgan fingerprint density at radius 2 is 1.67 bits per heavy atom. The number of ether oxygens (including phenoxy) is 1. The van der Waals surface area contributed by atoms with Crippen LogP contribution in [0, 0.1) is 10.1 Å². The molecule has 162 valence electrons. The Labute approximate surface area is 191 Å². The summed E-state index contributed by atoms with van der Waals surface area (Å²) >= 11 is 1.36. The summed E-state index contributed by atoms with van der Waals surface area (Å²) < 4.78 is 5.06. The monoisotopic (exact) mass is 457 g/mol. The molecule has 33 heavy (non-hydrogen) atoms. The number of imide groups is 1. The van der Waals surface area contributed by atoms with Gasteiger partial charge in [0.1, 0.15) is 5.01 Å². The number of fused-ring (bicyclic) bond motifs is 1. The maximum atomic E-state index is 12.8. The zero-order valence-electron chi connectivity index (χ0n) is 17.2. The molecule has 1 aliphatic rings. The molecular weight excluding hydrogens is 442 g/mol. The summed E-state index contributed by atoms with van der Waals surface area (Å²) in [5.74, 6) is -0.552. The van der Waals surface area contributed by atoms with Crippen molar-refractivity contribution in [1.29, 1.82) is 0 Å². The van der Waals surface area contributed by atoms with Crippen molar-refractivity contribution < 1.29 is 19.2 Å². The second-order valence-electron chi connectivity index (χ2n) is 7.22. The molecule has 0 saturated heterocycles. The number of hydrogen-bond donors (Lipinski definition) is 0. The molecular formula is C24H15N3O5S. The second-order valence-corrected chi connectivity index (χ2v) is 8.08. The molecule has 5 rings (SSSR count). The molecule has 0 aliphatic carbocycles. The lowest BCUT2D eigenvalue weighted by atomic mass is 10.1. The summed E-state index contributed by atoms with van der Waals surface area (Å²) in [5.41, 5.74) is 2.96. The molecule has 0 saturated carbocycles. The van der Waals surface area contributed by atoms with Gasteiger partial charge in [-0.2, -0.15) is 0 Å². The van der Waals surface area contributed by atoms with Crippen molar-refractivity contribution in [3.63, 3.8) is 0 Å². The van der Waals surface area contributed by atoms with Crippen LogP contribution in [0.25, 0.3) is 21.8 Å². The van der Waals surface area contributed by atoms with E-state index >= 15 is 0 Å². The van der Waals surface area contributed by atoms with Crippen LogP contribution in [0.1, 0.15) is 20.7 Å². The third-order valence-electron chi connectivity index (χ3n) is 5.32. The predicted molar refractivity (Wildman–Crippen MR) is 124 cm³/mol. The van der Waals surface area contributed by atoms with E-state index in [9.17, 15) is 19.7 Å². The van der Waals surface area contributed by atoms with Crippen molar-refractivity contribution in [1.82, 2.24) is 4.98 Å². The minimum atomic E-state index is -0.499. The molecule has 4 aromatic rings. The Morgan fingerprint density at radius 3 is 2.33 bits per heavy atom. The number of anilines is 1. The highest BCUT2D eigenvalue weighted by Gasteiger charge is 2.36. The third kappa shape index (κ3) is 3.44. The van der Waals surface area contributed by atoms with Crippen molar-refractivity contribution in [2.24, 2.45) is 0 Å². The van der Waals surface area contributed by atoms with Gasteiger partial charge < -0.3 is 4.74 Å². The van der Waals surface area contributed by atoms with Crippen LogP contribution in [-0.2, 0) is 0 Å². The Hall–Kier alpha value is -4.37. The largest absolute Gasteiger partial charge is 0.490 e. The minimum absolute atomic E-state index is 0.142. The van der Waals surface area contributed by atoms with Crippen molar-refractivity contribution in [2.75, 3.05) is 12.0 Å². The number of carbonyl (C=O) groups excluding carboxylic acids is 2. The van der Waals surface area contributed by atoms with Crippen LogP contribution in [0.4, 0.5) is 11.4 Å². The number of rotatable bonds is 5. The van der Waals surface area contributed by atoms with Crippen LogP contribution >= 0.6 is 11.3 Å². The number of aromatic nitrogens is 1. The number of amides is 2. The number of thiazole rings is 1. The molecule has 9 heteroatoms. The van der Waals surface area contributed by atoms with E-state index in [2.05, 4.69) is 4.98 Å². The van der Waals surface area contributed by atoms with E-state index in [0.29, 0.717) is 33.1 Å². The number of nitrogens with zero attached hydrogens (tertiary/aromatic N) is 3. The SMILES string of the molecule is COc1ccc(-c2csc(-c3cccc(N4C(=O)c5ccccc5C4=O)c3)n2)cc1[N+](=O)[O-]. The fraction of sp³-hybridized carbons (Fsp3) is 0.0417. The lowest BCUT2D eigenvalue weighted by Gasteiger charge is -2.14. The third-order valence-corrected chi connectivity index (χ3v) is 6.21. The number of methoxy groups -OCH3 is 1. The van der Waals surface area contributed by atoms with E-state index < -0.39 is 4.92 Å². The van der Waals surface area contributed by atoms with Crippen LogP contribution in [0.5, 0.6) is 5.75 Å². The fourth-order valence-electron chi connectivity index (χ4n) is 3.73. The number of hydrogen-bond acceptors (Lipinski definition) is 7. The number of benzene rings is 3. The van der Waals surface area contributed by atoms with Crippen LogP contribution < -0.4 is 9.64 Å². The summed E-state index contributed by atoms with van der Waals surface area (Å²) in [7, 11) is 1.38. The van der Waals surface area contributed by atoms with Gasteiger partial charge in [-0.15, -0.1) is 11.3 Å². The normalized spacial score (nSPS) is 12.7. The first-order chi connectivity index (χ1) is 16.0. The van der Waals surface area contributed by atoms with Gasteiger partial charge in [0.2, 0.25) is 0 Å². The van der Waals surface area contributed by atoms with Gasteiger partial charge in [0.15, 0.2) is 5.75 Å². The maximum Gasteiger partial charge on any atom is 0.311 e. The Morgan fingerprint density at radius 1 is 0.939 bits per heavy atom. The molecule has 0 fully saturated rings. The van der Waals surface area contributed by atoms with Gasteiger partial charge >= 0.3 is 5.69 Å². The van der Waals surface area contributed by atoms with E-state index in [1.165, 1.54) is 30.6 Å². The minimum Gasteiger partial charge on any atom is -0.490 e. The van der Waals surface area contributed by atoms with Crippen molar-refractivity contribution in [2.45, 2.75) is 0 Å². The standard InChI is InChI=1S/C24H15N3O5S/c1-32-21-10-9-14(12-20(21)27(30)31)19-13-33-22(25-19)15-5-4-6-16(11-15)26-23(28)17-7-2-3-8-18(17)24(26)29/h2-13H,1H3.